The molecule has 0 aromatic carbocycles. The summed E-state index contributed by atoms with van der Waals surface area (Å²) in [6.45, 7) is 8.09. The number of carbonyl (C=O) groups excluding carboxylic acids is 1. The van der Waals surface area contributed by atoms with E-state index in [1.165, 1.54) is 0 Å². The fraction of sp³-hybridized carbons (Fsp3) is 0.692. The lowest BCUT2D eigenvalue weighted by Crippen LogP contribution is -2.34. The Morgan fingerprint density at radius 2 is 2.11 bits per heavy atom. The predicted octanol–water partition coefficient (Wildman–Crippen LogP) is 1.21. The zero-order valence-corrected chi connectivity index (χ0v) is 11.5. The number of aliphatic hydroxyl groups excluding tert-OH is 1. The first kappa shape index (κ1) is 14.7. The Hall–Kier alpha value is -1.36. The highest BCUT2D eigenvalue weighted by molar-refractivity contribution is 5.78. The minimum atomic E-state index is -0.132. The van der Waals surface area contributed by atoms with Crippen molar-refractivity contribution in [2.45, 2.75) is 34.1 Å². The Labute approximate surface area is 108 Å². The molecule has 1 heterocycles. The highest BCUT2D eigenvalue weighted by Gasteiger charge is 2.18. The number of hydrogen-bond donors (Lipinski definition) is 2. The van der Waals surface area contributed by atoms with Crippen LogP contribution in [0.25, 0.3) is 0 Å². The summed E-state index contributed by atoms with van der Waals surface area (Å²) in [5.74, 6) is 0.721. The third-order valence-corrected chi connectivity index (χ3v) is 3.08. The zero-order valence-electron chi connectivity index (χ0n) is 11.5. The van der Waals surface area contributed by atoms with Crippen molar-refractivity contribution in [1.82, 2.24) is 10.5 Å². The standard InChI is InChI=1S/C13H22N2O3/c1-8(7-16)6-14-13(17)9(2)5-12-10(3)15-18-11(12)4/h8-9,16H,5-7H2,1-4H3,(H,14,17). The van der Waals surface area contributed by atoms with E-state index >= 15 is 0 Å². The molecule has 1 aromatic heterocycles. The van der Waals surface area contributed by atoms with E-state index in [9.17, 15) is 4.79 Å². The number of hydrogen-bond acceptors (Lipinski definition) is 4. The van der Waals surface area contributed by atoms with Gasteiger partial charge in [-0.15, -0.1) is 0 Å². The second kappa shape index (κ2) is 6.54. The fourth-order valence-electron chi connectivity index (χ4n) is 1.71. The summed E-state index contributed by atoms with van der Waals surface area (Å²) in [4.78, 5) is 11.9. The molecular formula is C13H22N2O3. The van der Waals surface area contributed by atoms with Crippen molar-refractivity contribution in [3.63, 3.8) is 0 Å². The van der Waals surface area contributed by atoms with Crippen LogP contribution in [-0.4, -0.2) is 29.3 Å². The van der Waals surface area contributed by atoms with E-state index in [1.807, 2.05) is 27.7 Å². The molecule has 2 N–H and O–H groups in total. The lowest BCUT2D eigenvalue weighted by Gasteiger charge is -2.14. The van der Waals surface area contributed by atoms with Crippen molar-refractivity contribution in [1.29, 1.82) is 0 Å². The molecular weight excluding hydrogens is 232 g/mol. The number of aryl methyl sites for hydroxylation is 2. The first-order valence-electron chi connectivity index (χ1n) is 6.26. The van der Waals surface area contributed by atoms with E-state index in [4.69, 9.17) is 9.63 Å². The summed E-state index contributed by atoms with van der Waals surface area (Å²) in [5.41, 5.74) is 1.85. The zero-order chi connectivity index (χ0) is 13.7. The van der Waals surface area contributed by atoms with Crippen LogP contribution in [0.3, 0.4) is 0 Å². The van der Waals surface area contributed by atoms with Gasteiger partial charge in [-0.05, 0) is 26.2 Å². The molecule has 0 radical (unpaired) electrons. The summed E-state index contributed by atoms with van der Waals surface area (Å²) in [6, 6.07) is 0. The molecule has 0 aliphatic heterocycles. The van der Waals surface area contributed by atoms with E-state index < -0.39 is 0 Å². The van der Waals surface area contributed by atoms with E-state index in [-0.39, 0.29) is 24.3 Å². The molecule has 2 unspecified atom stereocenters. The maximum Gasteiger partial charge on any atom is 0.223 e. The van der Waals surface area contributed by atoms with Crippen molar-refractivity contribution >= 4 is 5.91 Å². The van der Waals surface area contributed by atoms with Gasteiger partial charge in [-0.1, -0.05) is 19.0 Å². The highest BCUT2D eigenvalue weighted by Crippen LogP contribution is 2.17. The molecule has 5 nitrogen and oxygen atoms in total. The summed E-state index contributed by atoms with van der Waals surface area (Å²) in [6.07, 6.45) is 0.626. The SMILES string of the molecule is Cc1noc(C)c1CC(C)C(=O)NCC(C)CO. The maximum atomic E-state index is 11.9. The van der Waals surface area contributed by atoms with Gasteiger partial charge in [-0.2, -0.15) is 0 Å². The average Bonchev–Trinajstić information content (AvgIpc) is 2.66. The summed E-state index contributed by atoms with van der Waals surface area (Å²) in [5, 5.41) is 15.6. The number of aromatic nitrogens is 1. The Bertz CT molecular complexity index is 381. The third-order valence-electron chi connectivity index (χ3n) is 3.08. The van der Waals surface area contributed by atoms with E-state index in [0.717, 1.165) is 17.0 Å². The molecule has 0 saturated carbocycles. The fourth-order valence-corrected chi connectivity index (χ4v) is 1.71. The van der Waals surface area contributed by atoms with Gasteiger partial charge < -0.3 is 14.9 Å². The van der Waals surface area contributed by atoms with Crippen LogP contribution in [0.5, 0.6) is 0 Å². The van der Waals surface area contributed by atoms with Gasteiger partial charge in [0.1, 0.15) is 5.76 Å². The quantitative estimate of drug-likeness (QED) is 0.800. The van der Waals surface area contributed by atoms with Crippen molar-refractivity contribution in [2.24, 2.45) is 11.8 Å². The molecule has 0 saturated heterocycles. The number of carbonyl (C=O) groups is 1. The minimum Gasteiger partial charge on any atom is -0.396 e. The minimum absolute atomic E-state index is 0.00435. The van der Waals surface area contributed by atoms with Gasteiger partial charge in [-0.25, -0.2) is 0 Å². The normalized spacial score (nSPS) is 14.3. The number of nitrogens with zero attached hydrogens (tertiary/aromatic N) is 1. The molecule has 1 aromatic rings. The average molecular weight is 254 g/mol. The summed E-state index contributed by atoms with van der Waals surface area (Å²) in [7, 11) is 0. The third kappa shape index (κ3) is 3.84. The van der Waals surface area contributed by atoms with Crippen LogP contribution in [0, 0.1) is 25.7 Å². The Morgan fingerprint density at radius 1 is 1.44 bits per heavy atom. The second-order valence-electron chi connectivity index (χ2n) is 4.94. The van der Waals surface area contributed by atoms with Crippen molar-refractivity contribution in [3.05, 3.63) is 17.0 Å². The van der Waals surface area contributed by atoms with E-state index in [1.54, 1.807) is 0 Å². The smallest absolute Gasteiger partial charge is 0.223 e. The molecule has 2 atom stereocenters. The summed E-state index contributed by atoms with van der Waals surface area (Å²) < 4.78 is 5.08. The Kier molecular flexibility index (Phi) is 5.34. The van der Waals surface area contributed by atoms with E-state index in [2.05, 4.69) is 10.5 Å². The van der Waals surface area contributed by atoms with Gasteiger partial charge in [0.25, 0.3) is 0 Å². The van der Waals surface area contributed by atoms with Crippen LogP contribution in [0.4, 0.5) is 0 Å². The molecule has 18 heavy (non-hydrogen) atoms. The molecule has 102 valence electrons. The number of amides is 1. The van der Waals surface area contributed by atoms with Crippen LogP contribution in [-0.2, 0) is 11.2 Å². The molecule has 1 rings (SSSR count). The highest BCUT2D eigenvalue weighted by atomic mass is 16.5. The van der Waals surface area contributed by atoms with Crippen molar-refractivity contribution in [2.75, 3.05) is 13.2 Å². The van der Waals surface area contributed by atoms with Crippen molar-refractivity contribution in [3.8, 4) is 0 Å². The van der Waals surface area contributed by atoms with Gasteiger partial charge >= 0.3 is 0 Å². The lowest BCUT2D eigenvalue weighted by molar-refractivity contribution is -0.124. The Balaban J connectivity index is 2.50. The van der Waals surface area contributed by atoms with Crippen LogP contribution in [0.1, 0.15) is 30.9 Å². The first-order valence-corrected chi connectivity index (χ1v) is 6.26. The summed E-state index contributed by atoms with van der Waals surface area (Å²) >= 11 is 0. The van der Waals surface area contributed by atoms with Gasteiger partial charge in [0.05, 0.1) is 5.69 Å². The topological polar surface area (TPSA) is 75.4 Å². The second-order valence-corrected chi connectivity index (χ2v) is 4.94. The van der Waals surface area contributed by atoms with Crippen LogP contribution in [0.15, 0.2) is 4.52 Å². The lowest BCUT2D eigenvalue weighted by atomic mass is 9.99. The van der Waals surface area contributed by atoms with Gasteiger partial charge in [0.2, 0.25) is 5.91 Å². The number of rotatable bonds is 6. The maximum absolute atomic E-state index is 11.9. The largest absolute Gasteiger partial charge is 0.396 e. The predicted molar refractivity (Wildman–Crippen MR) is 68.1 cm³/mol. The molecule has 0 spiro atoms. The first-order chi connectivity index (χ1) is 8.45. The van der Waals surface area contributed by atoms with Gasteiger partial charge in [0, 0.05) is 24.6 Å². The van der Waals surface area contributed by atoms with Crippen LogP contribution in [0.2, 0.25) is 0 Å². The van der Waals surface area contributed by atoms with Crippen LogP contribution < -0.4 is 5.32 Å². The Morgan fingerprint density at radius 3 is 2.61 bits per heavy atom. The van der Waals surface area contributed by atoms with Crippen molar-refractivity contribution < 1.29 is 14.4 Å². The molecule has 5 heteroatoms. The molecule has 0 bridgehead atoms. The van der Waals surface area contributed by atoms with Gasteiger partial charge in [0.15, 0.2) is 0 Å². The molecule has 0 aliphatic carbocycles. The van der Waals surface area contributed by atoms with Gasteiger partial charge in [-0.3, -0.25) is 4.79 Å². The van der Waals surface area contributed by atoms with E-state index in [0.29, 0.717) is 13.0 Å². The number of nitrogens with one attached hydrogen (secondary N) is 1. The number of aliphatic hydroxyl groups is 1. The molecule has 0 fully saturated rings. The monoisotopic (exact) mass is 254 g/mol. The molecule has 1 amide bonds. The molecule has 0 aliphatic rings. The van der Waals surface area contributed by atoms with Crippen LogP contribution >= 0.6 is 0 Å².